The molecule has 176 valence electrons. The molecule has 0 aliphatic carbocycles. The van der Waals surface area contributed by atoms with Gasteiger partial charge in [-0.25, -0.2) is 5.01 Å². The van der Waals surface area contributed by atoms with Crippen LogP contribution in [0.3, 0.4) is 0 Å². The number of para-hydroxylation sites is 1. The predicted molar refractivity (Wildman–Crippen MR) is 128 cm³/mol. The lowest BCUT2D eigenvalue weighted by Gasteiger charge is -2.38. The van der Waals surface area contributed by atoms with E-state index in [0.717, 1.165) is 16.7 Å². The van der Waals surface area contributed by atoms with Crippen molar-refractivity contribution in [2.45, 2.75) is 20.0 Å². The Labute approximate surface area is 198 Å². The number of hydrogen-bond donors (Lipinski definition) is 2. The van der Waals surface area contributed by atoms with E-state index in [1.165, 1.54) is 26.3 Å². The number of nitrogens with zero attached hydrogens (tertiary/aromatic N) is 1. The standard InChI is InChI=1S/C26H27N3O5/c1-15-10-11-18(16(2)12-15)24-27-20-9-7-6-8-19(20)26(31)29(24)28-25(30)17-13-21(32-3)23(34-5)22(14-17)33-4/h6-14,24,27H,1-5H3,(H,28,30)/t24-/m0/s1. The lowest BCUT2D eigenvalue weighted by molar-refractivity contribution is 0.0490. The summed E-state index contributed by atoms with van der Waals surface area (Å²) in [5, 5.41) is 4.72. The third-order valence-electron chi connectivity index (χ3n) is 5.80. The number of carbonyl (C=O) groups excluding carboxylic acids is 2. The summed E-state index contributed by atoms with van der Waals surface area (Å²) in [6.45, 7) is 3.99. The molecule has 0 spiro atoms. The van der Waals surface area contributed by atoms with Crippen LogP contribution in [0, 0.1) is 13.8 Å². The number of hydrogen-bond acceptors (Lipinski definition) is 6. The van der Waals surface area contributed by atoms with E-state index in [-0.39, 0.29) is 11.5 Å². The van der Waals surface area contributed by atoms with Crippen molar-refractivity contribution in [2.75, 3.05) is 26.6 Å². The van der Waals surface area contributed by atoms with Gasteiger partial charge in [0, 0.05) is 11.3 Å². The number of rotatable bonds is 6. The molecule has 8 nitrogen and oxygen atoms in total. The molecule has 3 aromatic carbocycles. The van der Waals surface area contributed by atoms with Crippen molar-refractivity contribution in [2.24, 2.45) is 0 Å². The van der Waals surface area contributed by atoms with Gasteiger partial charge in [-0.15, -0.1) is 0 Å². The largest absolute Gasteiger partial charge is 0.493 e. The minimum atomic E-state index is -0.603. The first kappa shape index (κ1) is 23.0. The summed E-state index contributed by atoms with van der Waals surface area (Å²) in [5.41, 5.74) is 7.19. The van der Waals surface area contributed by atoms with Crippen LogP contribution in [0.4, 0.5) is 5.69 Å². The van der Waals surface area contributed by atoms with Gasteiger partial charge >= 0.3 is 0 Å². The molecule has 0 aromatic heterocycles. The minimum Gasteiger partial charge on any atom is -0.493 e. The first-order valence-corrected chi connectivity index (χ1v) is 10.7. The Balaban J connectivity index is 1.75. The monoisotopic (exact) mass is 461 g/mol. The van der Waals surface area contributed by atoms with Gasteiger partial charge in [0.1, 0.15) is 6.17 Å². The highest BCUT2D eigenvalue weighted by Crippen LogP contribution is 2.38. The van der Waals surface area contributed by atoms with Gasteiger partial charge in [0.25, 0.3) is 11.8 Å². The van der Waals surface area contributed by atoms with E-state index in [9.17, 15) is 9.59 Å². The van der Waals surface area contributed by atoms with Crippen molar-refractivity contribution in [3.63, 3.8) is 0 Å². The number of hydrazine groups is 1. The Kier molecular flexibility index (Phi) is 6.32. The third-order valence-corrected chi connectivity index (χ3v) is 5.80. The maximum Gasteiger partial charge on any atom is 0.276 e. The van der Waals surface area contributed by atoms with Crippen LogP contribution in [0.1, 0.15) is 43.6 Å². The third kappa shape index (κ3) is 4.10. The zero-order chi connectivity index (χ0) is 24.4. The normalized spacial score (nSPS) is 14.7. The highest BCUT2D eigenvalue weighted by molar-refractivity contribution is 6.04. The van der Waals surface area contributed by atoms with Crippen LogP contribution >= 0.6 is 0 Å². The Morgan fingerprint density at radius 3 is 2.24 bits per heavy atom. The zero-order valence-corrected chi connectivity index (χ0v) is 19.8. The smallest absolute Gasteiger partial charge is 0.276 e. The van der Waals surface area contributed by atoms with Gasteiger partial charge in [-0.2, -0.15) is 0 Å². The molecule has 0 saturated carbocycles. The topological polar surface area (TPSA) is 89.1 Å². The molecule has 2 amide bonds. The predicted octanol–water partition coefficient (Wildman–Crippen LogP) is 4.24. The average molecular weight is 462 g/mol. The summed E-state index contributed by atoms with van der Waals surface area (Å²) in [6.07, 6.45) is -0.603. The second-order valence-electron chi connectivity index (χ2n) is 7.98. The van der Waals surface area contributed by atoms with Crippen molar-refractivity contribution in [1.82, 2.24) is 10.4 Å². The molecular weight excluding hydrogens is 434 g/mol. The molecule has 0 saturated heterocycles. The molecule has 3 aromatic rings. The molecule has 8 heteroatoms. The van der Waals surface area contributed by atoms with Crippen LogP contribution in [0.5, 0.6) is 17.2 Å². The second kappa shape index (κ2) is 9.35. The van der Waals surface area contributed by atoms with Crippen LogP contribution in [-0.2, 0) is 0 Å². The zero-order valence-electron chi connectivity index (χ0n) is 19.8. The number of benzene rings is 3. The van der Waals surface area contributed by atoms with Crippen LogP contribution < -0.4 is 25.0 Å². The van der Waals surface area contributed by atoms with Gasteiger partial charge in [-0.1, -0.05) is 35.9 Å². The first-order valence-electron chi connectivity index (χ1n) is 10.7. The fourth-order valence-electron chi connectivity index (χ4n) is 4.11. The number of amides is 2. The molecule has 34 heavy (non-hydrogen) atoms. The number of carbonyl (C=O) groups is 2. The van der Waals surface area contributed by atoms with Crippen LogP contribution in [0.2, 0.25) is 0 Å². The Morgan fingerprint density at radius 1 is 0.941 bits per heavy atom. The second-order valence-corrected chi connectivity index (χ2v) is 7.98. The van der Waals surface area contributed by atoms with Gasteiger partial charge in [-0.05, 0) is 49.2 Å². The summed E-state index contributed by atoms with van der Waals surface area (Å²) < 4.78 is 16.1. The molecule has 4 rings (SSSR count). The van der Waals surface area contributed by atoms with Crippen molar-refractivity contribution in [1.29, 1.82) is 0 Å². The fraction of sp³-hybridized carbons (Fsp3) is 0.231. The number of aryl methyl sites for hydroxylation is 2. The van der Waals surface area contributed by atoms with Gasteiger partial charge in [0.05, 0.1) is 26.9 Å². The Morgan fingerprint density at radius 2 is 1.62 bits per heavy atom. The average Bonchev–Trinajstić information content (AvgIpc) is 2.84. The van der Waals surface area contributed by atoms with Gasteiger partial charge < -0.3 is 19.5 Å². The van der Waals surface area contributed by atoms with Gasteiger partial charge in [0.15, 0.2) is 11.5 Å². The van der Waals surface area contributed by atoms with Crippen LogP contribution in [-0.4, -0.2) is 38.2 Å². The SMILES string of the molecule is COc1cc(C(=O)NN2C(=O)c3ccccc3N[C@@H]2c2ccc(C)cc2C)cc(OC)c1OC. The van der Waals surface area contributed by atoms with Crippen LogP contribution in [0.15, 0.2) is 54.6 Å². The Bertz CT molecular complexity index is 1230. The van der Waals surface area contributed by atoms with E-state index in [0.29, 0.717) is 28.5 Å². The molecule has 1 heterocycles. The van der Waals surface area contributed by atoms with E-state index < -0.39 is 12.1 Å². The maximum absolute atomic E-state index is 13.5. The van der Waals surface area contributed by atoms with Crippen molar-refractivity contribution in [3.05, 3.63) is 82.4 Å². The summed E-state index contributed by atoms with van der Waals surface area (Å²) >= 11 is 0. The summed E-state index contributed by atoms with van der Waals surface area (Å²) in [4.78, 5) is 26.8. The molecule has 2 N–H and O–H groups in total. The summed E-state index contributed by atoms with van der Waals surface area (Å²) in [6, 6.07) is 16.3. The van der Waals surface area contributed by atoms with Crippen molar-refractivity contribution in [3.8, 4) is 17.2 Å². The Hall–Kier alpha value is -4.20. The molecule has 0 fully saturated rings. The van der Waals surface area contributed by atoms with Gasteiger partial charge in [0.2, 0.25) is 5.75 Å². The number of ether oxygens (including phenoxy) is 3. The number of methoxy groups -OCH3 is 3. The highest BCUT2D eigenvalue weighted by Gasteiger charge is 2.35. The minimum absolute atomic E-state index is 0.250. The molecule has 1 aliphatic rings. The lowest BCUT2D eigenvalue weighted by Crippen LogP contribution is -2.53. The van der Waals surface area contributed by atoms with Crippen LogP contribution in [0.25, 0.3) is 0 Å². The highest BCUT2D eigenvalue weighted by atomic mass is 16.5. The van der Waals surface area contributed by atoms with E-state index in [2.05, 4.69) is 10.7 Å². The molecule has 1 atom stereocenters. The fourth-order valence-corrected chi connectivity index (χ4v) is 4.11. The molecule has 0 unspecified atom stereocenters. The lowest BCUT2D eigenvalue weighted by atomic mass is 10.00. The molecular formula is C26H27N3O5. The van der Waals surface area contributed by atoms with E-state index >= 15 is 0 Å². The first-order chi connectivity index (χ1) is 16.4. The number of nitrogens with one attached hydrogen (secondary N) is 2. The number of fused-ring (bicyclic) bond motifs is 1. The van der Waals surface area contributed by atoms with Crippen molar-refractivity contribution < 1.29 is 23.8 Å². The van der Waals surface area contributed by atoms with E-state index in [1.807, 2.05) is 44.2 Å². The molecule has 0 bridgehead atoms. The number of anilines is 1. The maximum atomic E-state index is 13.5. The summed E-state index contributed by atoms with van der Waals surface area (Å²) in [5.74, 6) is 0.237. The van der Waals surface area contributed by atoms with E-state index in [4.69, 9.17) is 14.2 Å². The van der Waals surface area contributed by atoms with E-state index in [1.54, 1.807) is 24.3 Å². The molecule has 0 radical (unpaired) electrons. The summed E-state index contributed by atoms with van der Waals surface area (Å²) in [7, 11) is 4.44. The van der Waals surface area contributed by atoms with Gasteiger partial charge in [-0.3, -0.25) is 15.0 Å². The van der Waals surface area contributed by atoms with Crippen molar-refractivity contribution >= 4 is 17.5 Å². The molecule has 1 aliphatic heterocycles. The quantitative estimate of drug-likeness (QED) is 0.571.